The Morgan fingerprint density at radius 1 is 1.17 bits per heavy atom. The zero-order chi connectivity index (χ0) is 13.0. The molecule has 2 fully saturated rings. The van der Waals surface area contributed by atoms with Crippen LogP contribution in [-0.4, -0.2) is 36.1 Å². The number of hydrogen-bond donors (Lipinski definition) is 1. The van der Waals surface area contributed by atoms with E-state index >= 15 is 0 Å². The predicted molar refractivity (Wildman–Crippen MR) is 78.9 cm³/mol. The zero-order valence-corrected chi connectivity index (χ0v) is 12.6. The first-order valence-corrected chi connectivity index (χ1v) is 8.25. The average Bonchev–Trinajstić information content (AvgIpc) is 2.41. The molecule has 2 aliphatic rings. The largest absolute Gasteiger partial charge is 0.311 e. The lowest BCUT2D eigenvalue weighted by Crippen LogP contribution is -2.59. The summed E-state index contributed by atoms with van der Waals surface area (Å²) in [5, 5.41) is 3.65. The van der Waals surface area contributed by atoms with Gasteiger partial charge in [0.2, 0.25) is 0 Å². The monoisotopic (exact) mass is 252 g/mol. The van der Waals surface area contributed by atoms with Crippen molar-refractivity contribution >= 4 is 0 Å². The van der Waals surface area contributed by atoms with E-state index in [4.69, 9.17) is 0 Å². The van der Waals surface area contributed by atoms with E-state index in [1.165, 1.54) is 58.0 Å². The molecule has 0 bridgehead atoms. The van der Waals surface area contributed by atoms with Crippen LogP contribution >= 0.6 is 0 Å². The van der Waals surface area contributed by atoms with Crippen LogP contribution in [-0.2, 0) is 0 Å². The number of nitrogens with zero attached hydrogens (tertiary/aromatic N) is 1. The Bertz CT molecular complexity index is 235. The fraction of sp³-hybridized carbons (Fsp3) is 1.00. The van der Waals surface area contributed by atoms with Gasteiger partial charge >= 0.3 is 0 Å². The molecule has 2 rings (SSSR count). The van der Waals surface area contributed by atoms with Crippen LogP contribution in [0.2, 0.25) is 0 Å². The van der Waals surface area contributed by atoms with Gasteiger partial charge in [0.25, 0.3) is 0 Å². The summed E-state index contributed by atoms with van der Waals surface area (Å²) in [5.41, 5.74) is 0. The third kappa shape index (κ3) is 3.27. The molecule has 2 nitrogen and oxygen atoms in total. The Balaban J connectivity index is 2.03. The Hall–Kier alpha value is -0.0800. The van der Waals surface area contributed by atoms with Crippen LogP contribution in [0.25, 0.3) is 0 Å². The van der Waals surface area contributed by atoms with Crippen LogP contribution in [0.3, 0.4) is 0 Å². The van der Waals surface area contributed by atoms with Gasteiger partial charge in [0, 0.05) is 31.2 Å². The number of nitrogens with one attached hydrogen (secondary N) is 1. The van der Waals surface area contributed by atoms with Gasteiger partial charge in [0.1, 0.15) is 0 Å². The van der Waals surface area contributed by atoms with E-state index < -0.39 is 0 Å². The molecule has 0 aromatic rings. The van der Waals surface area contributed by atoms with Crippen LogP contribution in [0.5, 0.6) is 0 Å². The Morgan fingerprint density at radius 2 is 1.89 bits per heavy atom. The molecule has 2 heteroatoms. The highest BCUT2D eigenvalue weighted by Crippen LogP contribution is 2.32. The number of hydrogen-bond acceptors (Lipinski definition) is 2. The Morgan fingerprint density at radius 3 is 2.50 bits per heavy atom. The normalized spacial score (nSPS) is 33.5. The highest BCUT2D eigenvalue weighted by molar-refractivity contribution is 4.90. The van der Waals surface area contributed by atoms with Crippen molar-refractivity contribution in [2.75, 3.05) is 13.1 Å². The van der Waals surface area contributed by atoms with Gasteiger partial charge in [0.05, 0.1) is 0 Å². The lowest BCUT2D eigenvalue weighted by atomic mass is 9.81. The summed E-state index contributed by atoms with van der Waals surface area (Å²) in [6.07, 6.45) is 10.0. The summed E-state index contributed by atoms with van der Waals surface area (Å²) in [6, 6.07) is 2.29. The molecule has 1 N–H and O–H groups in total. The van der Waals surface area contributed by atoms with Crippen molar-refractivity contribution < 1.29 is 0 Å². The van der Waals surface area contributed by atoms with E-state index in [0.29, 0.717) is 6.04 Å². The number of piperazine rings is 1. The van der Waals surface area contributed by atoms with E-state index in [1.807, 2.05) is 0 Å². The van der Waals surface area contributed by atoms with Gasteiger partial charge in [-0.1, -0.05) is 33.1 Å². The summed E-state index contributed by atoms with van der Waals surface area (Å²) in [7, 11) is 0. The highest BCUT2D eigenvalue weighted by Gasteiger charge is 2.34. The maximum atomic E-state index is 3.65. The molecule has 1 aliphatic carbocycles. The zero-order valence-electron chi connectivity index (χ0n) is 12.6. The third-order valence-corrected chi connectivity index (χ3v) is 5.17. The predicted octanol–water partition coefficient (Wildman–Crippen LogP) is 3.42. The van der Waals surface area contributed by atoms with Crippen LogP contribution in [0.1, 0.15) is 65.7 Å². The van der Waals surface area contributed by atoms with Crippen molar-refractivity contribution in [3.63, 3.8) is 0 Å². The van der Waals surface area contributed by atoms with Crippen LogP contribution in [0, 0.1) is 5.92 Å². The second-order valence-electron chi connectivity index (χ2n) is 6.44. The molecular formula is C16H32N2. The maximum Gasteiger partial charge on any atom is 0.0221 e. The second kappa shape index (κ2) is 6.91. The molecule has 0 radical (unpaired) electrons. The van der Waals surface area contributed by atoms with Gasteiger partial charge in [-0.15, -0.1) is 0 Å². The first-order valence-electron chi connectivity index (χ1n) is 8.25. The molecule has 3 unspecified atom stereocenters. The van der Waals surface area contributed by atoms with E-state index in [9.17, 15) is 0 Å². The summed E-state index contributed by atoms with van der Waals surface area (Å²) < 4.78 is 0. The van der Waals surface area contributed by atoms with Crippen molar-refractivity contribution in [2.45, 2.75) is 83.8 Å². The molecule has 18 heavy (non-hydrogen) atoms. The highest BCUT2D eigenvalue weighted by atomic mass is 15.3. The maximum absolute atomic E-state index is 3.65. The minimum atomic E-state index is 0.672. The van der Waals surface area contributed by atoms with Gasteiger partial charge in [-0.2, -0.15) is 0 Å². The molecule has 1 heterocycles. The SMILES string of the molecule is CCC1CNC(C)CN1C(CC)C1CCCCC1. The fourth-order valence-corrected chi connectivity index (χ4v) is 4.13. The molecular weight excluding hydrogens is 220 g/mol. The van der Waals surface area contributed by atoms with Crippen LogP contribution in [0.15, 0.2) is 0 Å². The lowest BCUT2D eigenvalue weighted by molar-refractivity contribution is 0.0385. The first kappa shape index (κ1) is 14.3. The van der Waals surface area contributed by atoms with Gasteiger partial charge < -0.3 is 5.32 Å². The smallest absolute Gasteiger partial charge is 0.0221 e. The quantitative estimate of drug-likeness (QED) is 0.825. The second-order valence-corrected chi connectivity index (χ2v) is 6.44. The van der Waals surface area contributed by atoms with Crippen LogP contribution < -0.4 is 5.32 Å². The van der Waals surface area contributed by atoms with Gasteiger partial charge in [-0.25, -0.2) is 0 Å². The van der Waals surface area contributed by atoms with Crippen molar-refractivity contribution in [3.05, 3.63) is 0 Å². The molecule has 106 valence electrons. The molecule has 1 aliphatic heterocycles. The minimum absolute atomic E-state index is 0.672. The molecule has 0 amide bonds. The Labute approximate surface area is 114 Å². The minimum Gasteiger partial charge on any atom is -0.311 e. The summed E-state index contributed by atoms with van der Waals surface area (Å²) >= 11 is 0. The van der Waals surface area contributed by atoms with Crippen molar-refractivity contribution in [3.8, 4) is 0 Å². The van der Waals surface area contributed by atoms with Crippen molar-refractivity contribution in [1.82, 2.24) is 10.2 Å². The lowest BCUT2D eigenvalue weighted by Gasteiger charge is -2.47. The molecule has 0 aromatic heterocycles. The summed E-state index contributed by atoms with van der Waals surface area (Å²) in [6.45, 7) is 9.54. The molecule has 1 saturated carbocycles. The fourth-order valence-electron chi connectivity index (χ4n) is 4.13. The first-order chi connectivity index (χ1) is 8.76. The van der Waals surface area contributed by atoms with E-state index in [1.54, 1.807) is 0 Å². The van der Waals surface area contributed by atoms with E-state index in [0.717, 1.165) is 18.0 Å². The molecule has 1 saturated heterocycles. The van der Waals surface area contributed by atoms with Gasteiger partial charge in [0.15, 0.2) is 0 Å². The van der Waals surface area contributed by atoms with Gasteiger partial charge in [-0.3, -0.25) is 4.90 Å². The summed E-state index contributed by atoms with van der Waals surface area (Å²) in [5.74, 6) is 0.975. The molecule has 0 aromatic carbocycles. The van der Waals surface area contributed by atoms with E-state index in [-0.39, 0.29) is 0 Å². The van der Waals surface area contributed by atoms with Crippen molar-refractivity contribution in [2.24, 2.45) is 5.92 Å². The average molecular weight is 252 g/mol. The van der Waals surface area contributed by atoms with Gasteiger partial charge in [-0.05, 0) is 38.5 Å². The van der Waals surface area contributed by atoms with Crippen molar-refractivity contribution in [1.29, 1.82) is 0 Å². The molecule has 3 atom stereocenters. The molecule has 0 spiro atoms. The number of rotatable bonds is 4. The Kier molecular flexibility index (Phi) is 5.50. The topological polar surface area (TPSA) is 15.3 Å². The van der Waals surface area contributed by atoms with E-state index in [2.05, 4.69) is 31.0 Å². The summed E-state index contributed by atoms with van der Waals surface area (Å²) in [4.78, 5) is 2.86. The third-order valence-electron chi connectivity index (χ3n) is 5.17. The van der Waals surface area contributed by atoms with Crippen LogP contribution in [0.4, 0.5) is 0 Å². The standard InChI is InChI=1S/C16H32N2/c1-4-15-11-17-13(3)12-18(15)16(5-2)14-9-7-6-8-10-14/h13-17H,4-12H2,1-3H3.